The Labute approximate surface area is 111 Å². The lowest BCUT2D eigenvalue weighted by Gasteiger charge is -2.23. The van der Waals surface area contributed by atoms with E-state index in [-0.39, 0.29) is 12.0 Å². The molecule has 0 bridgehead atoms. The zero-order valence-electron chi connectivity index (χ0n) is 10.5. The van der Waals surface area contributed by atoms with Crippen LogP contribution in [0.3, 0.4) is 0 Å². The molecule has 0 spiro atoms. The number of aliphatic hydroxyl groups is 1. The minimum Gasteiger partial charge on any atom is -0.396 e. The molecule has 1 aromatic carbocycles. The van der Waals surface area contributed by atoms with Gasteiger partial charge in [-0.2, -0.15) is 0 Å². The van der Waals surface area contributed by atoms with Gasteiger partial charge < -0.3 is 15.8 Å². The van der Waals surface area contributed by atoms with Crippen molar-refractivity contribution in [1.82, 2.24) is 0 Å². The smallest absolute Gasteiger partial charge is 0.0498 e. The van der Waals surface area contributed by atoms with Gasteiger partial charge in [-0.15, -0.1) is 0 Å². The quantitative estimate of drug-likeness (QED) is 0.731. The van der Waals surface area contributed by atoms with E-state index in [1.807, 2.05) is 32.0 Å². The monoisotopic (exact) mass is 298 g/mol. The molecule has 94 valence electrons. The van der Waals surface area contributed by atoms with Crippen molar-refractivity contribution in [2.24, 2.45) is 5.41 Å². The molecule has 0 atom stereocenters. The molecule has 0 saturated heterocycles. The Morgan fingerprint density at radius 2 is 2.12 bits per heavy atom. The summed E-state index contributed by atoms with van der Waals surface area (Å²) in [6, 6.07) is 5.80. The molecule has 0 aromatic heterocycles. The van der Waals surface area contributed by atoms with Crippen LogP contribution < -0.4 is 5.32 Å². The number of hydrogen-bond donors (Lipinski definition) is 3. The molecule has 4 heteroatoms. The minimum atomic E-state index is -0.171. The van der Waals surface area contributed by atoms with E-state index in [0.717, 1.165) is 15.7 Å². The first-order valence-corrected chi connectivity index (χ1v) is 6.35. The molecule has 1 aromatic rings. The van der Waals surface area contributed by atoms with Crippen LogP contribution in [0, 0.1) is 10.8 Å². The Morgan fingerprint density at radius 3 is 2.65 bits per heavy atom. The molecule has 0 saturated carbocycles. The Bertz CT molecular complexity index is 416. The summed E-state index contributed by atoms with van der Waals surface area (Å²) < 4.78 is 0.979. The van der Waals surface area contributed by atoms with Crippen LogP contribution in [0.1, 0.15) is 26.3 Å². The first-order chi connectivity index (χ1) is 7.85. The van der Waals surface area contributed by atoms with Gasteiger partial charge in [0, 0.05) is 40.0 Å². The van der Waals surface area contributed by atoms with E-state index in [0.29, 0.717) is 12.3 Å². The van der Waals surface area contributed by atoms with Crippen molar-refractivity contribution >= 4 is 27.3 Å². The van der Waals surface area contributed by atoms with Gasteiger partial charge in [-0.05, 0) is 25.1 Å². The SMILES string of the molecule is CC(=N)c1ccc(Br)cc1NCC(C)(C)CO. The Morgan fingerprint density at radius 1 is 1.47 bits per heavy atom. The second-order valence-electron chi connectivity index (χ2n) is 4.99. The summed E-state index contributed by atoms with van der Waals surface area (Å²) in [5.41, 5.74) is 2.17. The number of rotatable bonds is 5. The van der Waals surface area contributed by atoms with Crippen LogP contribution in [-0.2, 0) is 0 Å². The predicted molar refractivity (Wildman–Crippen MR) is 76.0 cm³/mol. The van der Waals surface area contributed by atoms with Crippen molar-refractivity contribution < 1.29 is 5.11 Å². The number of benzene rings is 1. The van der Waals surface area contributed by atoms with E-state index in [2.05, 4.69) is 21.2 Å². The van der Waals surface area contributed by atoms with Gasteiger partial charge in [0.1, 0.15) is 0 Å². The van der Waals surface area contributed by atoms with Crippen molar-refractivity contribution in [1.29, 1.82) is 5.41 Å². The first kappa shape index (κ1) is 14.2. The van der Waals surface area contributed by atoms with Crippen molar-refractivity contribution in [3.05, 3.63) is 28.2 Å². The highest BCUT2D eigenvalue weighted by Crippen LogP contribution is 2.24. The van der Waals surface area contributed by atoms with Crippen LogP contribution in [0.15, 0.2) is 22.7 Å². The summed E-state index contributed by atoms with van der Waals surface area (Å²) in [7, 11) is 0. The fraction of sp³-hybridized carbons (Fsp3) is 0.462. The van der Waals surface area contributed by atoms with Crippen LogP contribution >= 0.6 is 15.9 Å². The number of anilines is 1. The molecule has 0 aliphatic rings. The van der Waals surface area contributed by atoms with Gasteiger partial charge in [0.25, 0.3) is 0 Å². The Balaban J connectivity index is 2.89. The average molecular weight is 299 g/mol. The summed E-state index contributed by atoms with van der Waals surface area (Å²) in [5, 5.41) is 20.2. The highest BCUT2D eigenvalue weighted by molar-refractivity contribution is 9.10. The average Bonchev–Trinajstić information content (AvgIpc) is 2.26. The first-order valence-electron chi connectivity index (χ1n) is 5.55. The summed E-state index contributed by atoms with van der Waals surface area (Å²) in [6.07, 6.45) is 0. The second-order valence-corrected chi connectivity index (χ2v) is 5.91. The van der Waals surface area contributed by atoms with Crippen LogP contribution in [0.4, 0.5) is 5.69 Å². The van der Waals surface area contributed by atoms with Gasteiger partial charge in [0.15, 0.2) is 0 Å². The van der Waals surface area contributed by atoms with E-state index in [4.69, 9.17) is 5.41 Å². The maximum absolute atomic E-state index is 9.21. The molecule has 0 radical (unpaired) electrons. The molecular weight excluding hydrogens is 280 g/mol. The zero-order valence-corrected chi connectivity index (χ0v) is 12.1. The van der Waals surface area contributed by atoms with Gasteiger partial charge >= 0.3 is 0 Å². The molecule has 0 aliphatic carbocycles. The van der Waals surface area contributed by atoms with Gasteiger partial charge in [-0.25, -0.2) is 0 Å². The van der Waals surface area contributed by atoms with Crippen molar-refractivity contribution in [3.63, 3.8) is 0 Å². The van der Waals surface area contributed by atoms with Crippen molar-refractivity contribution in [3.8, 4) is 0 Å². The van der Waals surface area contributed by atoms with Gasteiger partial charge in [0.05, 0.1) is 0 Å². The lowest BCUT2D eigenvalue weighted by Crippen LogP contribution is -2.27. The molecule has 3 nitrogen and oxygen atoms in total. The minimum absolute atomic E-state index is 0.132. The maximum atomic E-state index is 9.21. The molecule has 3 N–H and O–H groups in total. The fourth-order valence-corrected chi connectivity index (χ4v) is 1.74. The summed E-state index contributed by atoms with van der Waals surface area (Å²) in [4.78, 5) is 0. The Kier molecular flexibility index (Phi) is 4.71. The standard InChI is InChI=1S/C13H19BrN2O/c1-9(15)11-5-4-10(14)6-12(11)16-7-13(2,3)8-17/h4-6,15-17H,7-8H2,1-3H3. The topological polar surface area (TPSA) is 56.1 Å². The fourth-order valence-electron chi connectivity index (χ4n) is 1.38. The van der Waals surface area contributed by atoms with Gasteiger partial charge in [-0.1, -0.05) is 29.8 Å². The third-order valence-corrected chi connectivity index (χ3v) is 3.06. The van der Waals surface area contributed by atoms with E-state index < -0.39 is 0 Å². The molecular formula is C13H19BrN2O. The molecule has 0 unspecified atom stereocenters. The third-order valence-electron chi connectivity index (χ3n) is 2.57. The number of halogens is 1. The normalized spacial score (nSPS) is 11.4. The van der Waals surface area contributed by atoms with Crippen LogP contribution in [0.5, 0.6) is 0 Å². The molecule has 0 heterocycles. The van der Waals surface area contributed by atoms with Crippen LogP contribution in [0.25, 0.3) is 0 Å². The van der Waals surface area contributed by atoms with Crippen molar-refractivity contribution in [2.75, 3.05) is 18.5 Å². The summed E-state index contributed by atoms with van der Waals surface area (Å²) >= 11 is 3.42. The zero-order chi connectivity index (χ0) is 13.1. The molecule has 0 fully saturated rings. The lowest BCUT2D eigenvalue weighted by molar-refractivity contribution is 0.171. The summed E-state index contributed by atoms with van der Waals surface area (Å²) in [5.74, 6) is 0. The molecule has 1 rings (SSSR count). The molecule has 0 amide bonds. The third kappa shape index (κ3) is 4.13. The second kappa shape index (κ2) is 5.65. The molecule has 17 heavy (non-hydrogen) atoms. The van der Waals surface area contributed by atoms with Gasteiger partial charge in [0.2, 0.25) is 0 Å². The molecule has 0 aliphatic heterocycles. The lowest BCUT2D eigenvalue weighted by atomic mass is 9.94. The summed E-state index contributed by atoms with van der Waals surface area (Å²) in [6.45, 7) is 6.56. The van der Waals surface area contributed by atoms with E-state index >= 15 is 0 Å². The number of nitrogens with one attached hydrogen (secondary N) is 2. The highest BCUT2D eigenvalue weighted by Gasteiger charge is 2.17. The van der Waals surface area contributed by atoms with E-state index in [9.17, 15) is 5.11 Å². The van der Waals surface area contributed by atoms with Crippen molar-refractivity contribution in [2.45, 2.75) is 20.8 Å². The Hall–Kier alpha value is -0.870. The van der Waals surface area contributed by atoms with E-state index in [1.165, 1.54) is 0 Å². The number of aliphatic hydroxyl groups excluding tert-OH is 1. The largest absolute Gasteiger partial charge is 0.396 e. The predicted octanol–water partition coefficient (Wildman–Crippen LogP) is 3.27. The van der Waals surface area contributed by atoms with Crippen LogP contribution in [0.2, 0.25) is 0 Å². The number of hydrogen-bond acceptors (Lipinski definition) is 3. The van der Waals surface area contributed by atoms with E-state index in [1.54, 1.807) is 6.92 Å². The van der Waals surface area contributed by atoms with Crippen LogP contribution in [-0.4, -0.2) is 24.0 Å². The highest BCUT2D eigenvalue weighted by atomic mass is 79.9. The maximum Gasteiger partial charge on any atom is 0.0498 e. The van der Waals surface area contributed by atoms with Gasteiger partial charge in [-0.3, -0.25) is 0 Å².